The van der Waals surface area contributed by atoms with E-state index < -0.39 is 75.2 Å². The van der Waals surface area contributed by atoms with Gasteiger partial charge in [-0.1, -0.05) is 0 Å². The number of aromatic nitrogens is 2. The van der Waals surface area contributed by atoms with Crippen LogP contribution in [-0.2, 0) is 9.84 Å². The first-order chi connectivity index (χ1) is 16.3. The number of amides is 2. The van der Waals surface area contributed by atoms with Crippen molar-refractivity contribution in [2.24, 2.45) is 0 Å². The molecule has 0 unspecified atom stereocenters. The molecule has 20 heteroatoms. The van der Waals surface area contributed by atoms with Crippen LogP contribution in [0.5, 0.6) is 11.8 Å². The van der Waals surface area contributed by atoms with Crippen molar-refractivity contribution in [1.29, 1.82) is 0 Å². The number of rotatable bonds is 7. The maximum absolute atomic E-state index is 12.6. The van der Waals surface area contributed by atoms with E-state index in [0.29, 0.717) is 30.3 Å². The Bertz CT molecular complexity index is 1150. The Morgan fingerprint density at radius 3 is 1.72 bits per heavy atom. The minimum absolute atomic E-state index is 0.173. The summed E-state index contributed by atoms with van der Waals surface area (Å²) in [5.74, 6) is -2.82. The van der Waals surface area contributed by atoms with Gasteiger partial charge in [0, 0.05) is 11.8 Å². The summed E-state index contributed by atoms with van der Waals surface area (Å²) in [6.07, 6.45) is -9.72. The van der Waals surface area contributed by atoms with Crippen LogP contribution >= 0.6 is 11.8 Å². The second-order valence-corrected chi connectivity index (χ2v) is 8.61. The Morgan fingerprint density at radius 1 is 0.889 bits per heavy atom. The van der Waals surface area contributed by atoms with Crippen molar-refractivity contribution >= 4 is 39.3 Å². The summed E-state index contributed by atoms with van der Waals surface area (Å²) in [5.41, 5.74) is -6.00. The number of ether oxygens (including phenoxy) is 2. The van der Waals surface area contributed by atoms with Crippen LogP contribution in [0, 0.1) is 0 Å². The molecule has 1 aromatic carbocycles. The Hall–Kier alpha value is -3.22. The van der Waals surface area contributed by atoms with E-state index in [4.69, 9.17) is 11.8 Å². The molecular formula is C16H10ClF9N4O5S. The number of alkyl halides is 9. The number of nitrogens with zero attached hydrogens (tertiary/aromatic N) is 3. The van der Waals surface area contributed by atoms with Gasteiger partial charge in [0.1, 0.15) is 0 Å². The molecule has 0 saturated carbocycles. The highest BCUT2D eigenvalue weighted by molar-refractivity contribution is 7.92. The van der Waals surface area contributed by atoms with Gasteiger partial charge in [-0.25, -0.2) is 17.6 Å². The number of anilines is 2. The van der Waals surface area contributed by atoms with Gasteiger partial charge < -0.3 is 9.47 Å². The summed E-state index contributed by atoms with van der Waals surface area (Å²) in [4.78, 5) is 17.8. The van der Waals surface area contributed by atoms with E-state index in [1.54, 1.807) is 5.32 Å². The van der Waals surface area contributed by atoms with Gasteiger partial charge in [-0.05, 0) is 24.3 Å². The second-order valence-electron chi connectivity index (χ2n) is 6.33. The Kier molecular flexibility index (Phi) is 8.39. The van der Waals surface area contributed by atoms with Crippen LogP contribution in [0.3, 0.4) is 0 Å². The standard InChI is InChI=1S/C16H10ClF9N4O5S/c17-30(8-1-3-9(4-2-8)36(32,33)16(24,25)26)13(31)29-12-27-10(34-6-14(18,19)20)5-11(28-12)35-7-15(21,22)23/h1-5H,6-7H2,(H,27,28,29,31). The fourth-order valence-electron chi connectivity index (χ4n) is 2.07. The fourth-order valence-corrected chi connectivity index (χ4v) is 2.99. The van der Waals surface area contributed by atoms with Crippen molar-refractivity contribution in [3.8, 4) is 11.8 Å². The van der Waals surface area contributed by atoms with Crippen molar-refractivity contribution < 1.29 is 62.2 Å². The number of hydrogen-bond donors (Lipinski definition) is 1. The third-order valence-electron chi connectivity index (χ3n) is 3.52. The van der Waals surface area contributed by atoms with E-state index in [9.17, 15) is 52.7 Å². The molecule has 0 aliphatic carbocycles. The molecule has 1 N–H and O–H groups in total. The number of carbonyl (C=O) groups excluding carboxylic acids is 1. The minimum atomic E-state index is -5.70. The number of hydrogen-bond acceptors (Lipinski definition) is 7. The zero-order chi connectivity index (χ0) is 27.5. The normalized spacial score (nSPS) is 12.7. The van der Waals surface area contributed by atoms with Gasteiger partial charge in [0.25, 0.3) is 9.84 Å². The summed E-state index contributed by atoms with van der Waals surface area (Å²) >= 11 is 5.72. The molecule has 1 aromatic heterocycles. The van der Waals surface area contributed by atoms with Crippen molar-refractivity contribution in [1.82, 2.24) is 9.97 Å². The second kappa shape index (κ2) is 10.4. The predicted octanol–water partition coefficient (Wildman–Crippen LogP) is 4.84. The molecule has 36 heavy (non-hydrogen) atoms. The smallest absolute Gasteiger partial charge is 0.468 e. The van der Waals surface area contributed by atoms with Crippen LogP contribution in [0.4, 0.5) is 55.9 Å². The predicted molar refractivity (Wildman–Crippen MR) is 102 cm³/mol. The monoisotopic (exact) mass is 576 g/mol. The average Bonchev–Trinajstić information content (AvgIpc) is 2.74. The van der Waals surface area contributed by atoms with E-state index in [1.165, 1.54) is 0 Å². The minimum Gasteiger partial charge on any atom is -0.468 e. The first kappa shape index (κ1) is 29.0. The van der Waals surface area contributed by atoms with Crippen molar-refractivity contribution in [2.75, 3.05) is 22.9 Å². The Balaban J connectivity index is 2.24. The number of halogens is 10. The lowest BCUT2D eigenvalue weighted by Gasteiger charge is -2.16. The highest BCUT2D eigenvalue weighted by atomic mass is 35.5. The van der Waals surface area contributed by atoms with Crippen LogP contribution in [0.1, 0.15) is 0 Å². The molecule has 0 saturated heterocycles. The van der Waals surface area contributed by atoms with E-state index >= 15 is 0 Å². The third-order valence-corrected chi connectivity index (χ3v) is 5.37. The highest BCUT2D eigenvalue weighted by Crippen LogP contribution is 2.31. The van der Waals surface area contributed by atoms with Gasteiger partial charge in [-0.15, -0.1) is 0 Å². The topological polar surface area (TPSA) is 111 Å². The summed E-state index contributed by atoms with van der Waals surface area (Å²) < 4.78 is 144. The SMILES string of the molecule is O=C(Nc1nc(OCC(F)(F)F)cc(OCC(F)(F)F)n1)N(Cl)c1ccc(S(=O)(=O)C(F)(F)F)cc1. The zero-order valence-corrected chi connectivity index (χ0v) is 18.4. The summed E-state index contributed by atoms with van der Waals surface area (Å²) in [6.45, 7) is -3.82. The molecule has 0 spiro atoms. The summed E-state index contributed by atoms with van der Waals surface area (Å²) in [7, 11) is -5.70. The van der Waals surface area contributed by atoms with Crippen molar-refractivity contribution in [3.05, 3.63) is 30.3 Å². The quantitative estimate of drug-likeness (QED) is 0.371. The zero-order valence-electron chi connectivity index (χ0n) is 16.9. The van der Waals surface area contributed by atoms with E-state index in [0.717, 1.165) is 0 Å². The molecule has 9 nitrogen and oxygen atoms in total. The summed E-state index contributed by atoms with van der Waals surface area (Å²) in [6, 6.07) is 1.43. The average molecular weight is 577 g/mol. The molecule has 0 aliphatic heterocycles. The molecule has 0 bridgehead atoms. The highest BCUT2D eigenvalue weighted by Gasteiger charge is 2.46. The lowest BCUT2D eigenvalue weighted by Crippen LogP contribution is -2.28. The number of nitrogens with one attached hydrogen (secondary N) is 1. The van der Waals surface area contributed by atoms with E-state index in [-0.39, 0.29) is 4.42 Å². The third kappa shape index (κ3) is 8.18. The molecule has 2 aromatic rings. The van der Waals surface area contributed by atoms with Gasteiger partial charge in [-0.3, -0.25) is 5.32 Å². The van der Waals surface area contributed by atoms with Gasteiger partial charge in [0.05, 0.1) is 16.6 Å². The lowest BCUT2D eigenvalue weighted by molar-refractivity contribution is -0.154. The van der Waals surface area contributed by atoms with Crippen LogP contribution in [0.2, 0.25) is 0 Å². The van der Waals surface area contributed by atoms with Crippen LogP contribution in [-0.4, -0.2) is 55.5 Å². The first-order valence-corrected chi connectivity index (χ1v) is 10.6. The lowest BCUT2D eigenvalue weighted by atomic mass is 10.3. The van der Waals surface area contributed by atoms with Crippen molar-refractivity contribution in [3.63, 3.8) is 0 Å². The van der Waals surface area contributed by atoms with Gasteiger partial charge in [-0.2, -0.15) is 49.5 Å². The van der Waals surface area contributed by atoms with Crippen LogP contribution in [0.25, 0.3) is 0 Å². The molecule has 0 radical (unpaired) electrons. The molecular weight excluding hydrogens is 567 g/mol. The molecule has 2 amide bonds. The van der Waals surface area contributed by atoms with Crippen LogP contribution < -0.4 is 19.2 Å². The molecule has 0 aliphatic rings. The molecule has 0 fully saturated rings. The van der Waals surface area contributed by atoms with Crippen LogP contribution in [0.15, 0.2) is 35.2 Å². The maximum atomic E-state index is 12.6. The fraction of sp³-hybridized carbons (Fsp3) is 0.312. The molecule has 2 rings (SSSR count). The Morgan fingerprint density at radius 2 is 1.33 bits per heavy atom. The number of sulfone groups is 1. The molecule has 0 atom stereocenters. The number of carbonyl (C=O) groups is 1. The number of benzene rings is 1. The van der Waals surface area contributed by atoms with E-state index in [1.807, 2.05) is 0 Å². The summed E-state index contributed by atoms with van der Waals surface area (Å²) in [5, 5.41) is 1.80. The van der Waals surface area contributed by atoms with Crippen molar-refractivity contribution in [2.45, 2.75) is 22.8 Å². The van der Waals surface area contributed by atoms with Gasteiger partial charge >= 0.3 is 23.9 Å². The van der Waals surface area contributed by atoms with Gasteiger partial charge in [0.2, 0.25) is 17.7 Å². The first-order valence-electron chi connectivity index (χ1n) is 8.75. The Labute approximate surface area is 199 Å². The maximum Gasteiger partial charge on any atom is 0.501 e. The number of urea groups is 1. The molecule has 200 valence electrons. The van der Waals surface area contributed by atoms with E-state index in [2.05, 4.69) is 19.4 Å². The molecule has 1 heterocycles. The largest absolute Gasteiger partial charge is 0.501 e. The van der Waals surface area contributed by atoms with Gasteiger partial charge in [0.15, 0.2) is 13.2 Å².